The van der Waals surface area contributed by atoms with Gasteiger partial charge in [0.25, 0.3) is 0 Å². The van der Waals surface area contributed by atoms with Crippen molar-refractivity contribution in [3.8, 4) is 0 Å². The molecule has 0 saturated heterocycles. The van der Waals surface area contributed by atoms with Crippen LogP contribution in [-0.2, 0) is 9.84 Å². The second-order valence-corrected chi connectivity index (χ2v) is 6.52. The molecule has 0 rings (SSSR count). The summed E-state index contributed by atoms with van der Waals surface area (Å²) in [4.78, 5) is 0. The minimum atomic E-state index is -2.82. The molecular weight excluding hydrogens is 200 g/mol. The molecule has 0 fully saturated rings. The third kappa shape index (κ3) is 6.38. The maximum Gasteiger partial charge on any atom is 0.150 e. The number of aliphatic hydroxyl groups excluding tert-OH is 1. The van der Waals surface area contributed by atoms with Gasteiger partial charge in [-0.3, -0.25) is 0 Å². The lowest BCUT2D eigenvalue weighted by Crippen LogP contribution is -2.15. The van der Waals surface area contributed by atoms with E-state index >= 15 is 0 Å². The maximum atomic E-state index is 11.1. The van der Waals surface area contributed by atoms with Gasteiger partial charge >= 0.3 is 0 Å². The molecule has 4 heteroatoms. The molecule has 0 spiro atoms. The molecule has 14 heavy (non-hydrogen) atoms. The predicted molar refractivity (Wildman–Crippen MR) is 59.0 cm³/mol. The van der Waals surface area contributed by atoms with Crippen LogP contribution >= 0.6 is 0 Å². The molecule has 0 amide bonds. The van der Waals surface area contributed by atoms with E-state index in [1.165, 1.54) is 0 Å². The van der Waals surface area contributed by atoms with Crippen molar-refractivity contribution in [3.63, 3.8) is 0 Å². The summed E-state index contributed by atoms with van der Waals surface area (Å²) in [6.07, 6.45) is 1.87. The van der Waals surface area contributed by atoms with Crippen LogP contribution in [0.15, 0.2) is 0 Å². The van der Waals surface area contributed by atoms with E-state index in [-0.39, 0.29) is 23.5 Å². The van der Waals surface area contributed by atoms with Crippen LogP contribution in [0.1, 0.15) is 40.0 Å². The predicted octanol–water partition coefficient (Wildman–Crippen LogP) is 1.61. The summed E-state index contributed by atoms with van der Waals surface area (Å²) >= 11 is 0. The Morgan fingerprint density at radius 2 is 1.79 bits per heavy atom. The van der Waals surface area contributed by atoms with Gasteiger partial charge in [0.15, 0.2) is 0 Å². The lowest BCUT2D eigenvalue weighted by Gasteiger charge is -2.13. The maximum absolute atomic E-state index is 11.1. The number of hydrogen-bond acceptors (Lipinski definition) is 3. The minimum Gasteiger partial charge on any atom is -0.393 e. The Kier molecular flexibility index (Phi) is 6.36. The van der Waals surface area contributed by atoms with E-state index in [1.54, 1.807) is 6.92 Å². The summed E-state index contributed by atoms with van der Waals surface area (Å²) in [5.41, 5.74) is 0. The number of hydrogen-bond donors (Lipinski definition) is 1. The zero-order valence-corrected chi connectivity index (χ0v) is 10.2. The van der Waals surface area contributed by atoms with Gasteiger partial charge in [-0.15, -0.1) is 0 Å². The van der Waals surface area contributed by atoms with Crippen molar-refractivity contribution >= 4 is 9.84 Å². The van der Waals surface area contributed by atoms with Crippen LogP contribution in [-0.4, -0.2) is 31.1 Å². The van der Waals surface area contributed by atoms with Crippen molar-refractivity contribution in [2.24, 2.45) is 5.92 Å². The molecule has 86 valence electrons. The Hall–Kier alpha value is -0.0900. The van der Waals surface area contributed by atoms with E-state index in [1.807, 2.05) is 13.8 Å². The summed E-state index contributed by atoms with van der Waals surface area (Å²) in [5, 5.41) is 9.46. The highest BCUT2D eigenvalue weighted by atomic mass is 32.2. The highest BCUT2D eigenvalue weighted by Crippen LogP contribution is 2.10. The van der Waals surface area contributed by atoms with Crippen molar-refractivity contribution in [3.05, 3.63) is 0 Å². The topological polar surface area (TPSA) is 54.4 Å². The van der Waals surface area contributed by atoms with Gasteiger partial charge in [0.05, 0.1) is 11.9 Å². The van der Waals surface area contributed by atoms with Gasteiger partial charge in [-0.2, -0.15) is 0 Å². The molecule has 1 atom stereocenters. The van der Waals surface area contributed by atoms with E-state index in [4.69, 9.17) is 0 Å². The molecule has 0 aromatic heterocycles. The lowest BCUT2D eigenvalue weighted by atomic mass is 10.0. The zero-order chi connectivity index (χ0) is 11.2. The normalized spacial score (nSPS) is 14.6. The Labute approximate surface area is 87.4 Å². The molecule has 0 aliphatic carbocycles. The third-order valence-corrected chi connectivity index (χ3v) is 4.20. The van der Waals surface area contributed by atoms with E-state index in [0.29, 0.717) is 12.8 Å². The van der Waals surface area contributed by atoms with Crippen molar-refractivity contribution in [2.45, 2.75) is 46.1 Å². The molecule has 0 aliphatic rings. The third-order valence-electron chi connectivity index (χ3n) is 2.41. The van der Waals surface area contributed by atoms with Crippen LogP contribution in [0.4, 0.5) is 0 Å². The average molecular weight is 222 g/mol. The van der Waals surface area contributed by atoms with Crippen LogP contribution in [0.2, 0.25) is 0 Å². The number of unbranched alkanes of at least 4 members (excludes halogenated alkanes) is 1. The second-order valence-electron chi connectivity index (χ2n) is 4.04. The van der Waals surface area contributed by atoms with Gasteiger partial charge in [-0.1, -0.05) is 20.8 Å². The van der Waals surface area contributed by atoms with Crippen LogP contribution < -0.4 is 0 Å². The summed E-state index contributed by atoms with van der Waals surface area (Å²) in [6.45, 7) is 5.60. The molecular formula is C10H22O3S. The zero-order valence-electron chi connectivity index (χ0n) is 9.36. The first kappa shape index (κ1) is 13.9. The van der Waals surface area contributed by atoms with Crippen LogP contribution in [0, 0.1) is 5.92 Å². The van der Waals surface area contributed by atoms with Gasteiger partial charge < -0.3 is 5.11 Å². The molecule has 1 N–H and O–H groups in total. The second kappa shape index (κ2) is 6.40. The van der Waals surface area contributed by atoms with Crippen molar-refractivity contribution in [2.75, 3.05) is 11.5 Å². The summed E-state index contributed by atoms with van der Waals surface area (Å²) < 4.78 is 22.2. The average Bonchev–Trinajstić information content (AvgIpc) is 2.12. The summed E-state index contributed by atoms with van der Waals surface area (Å²) in [5.74, 6) is 0.742. The molecule has 0 heterocycles. The van der Waals surface area contributed by atoms with Gasteiger partial charge in [0.2, 0.25) is 0 Å². The number of aliphatic hydroxyl groups is 1. The highest BCUT2D eigenvalue weighted by molar-refractivity contribution is 7.91. The van der Waals surface area contributed by atoms with E-state index in [2.05, 4.69) is 0 Å². The van der Waals surface area contributed by atoms with Crippen molar-refractivity contribution < 1.29 is 13.5 Å². The van der Waals surface area contributed by atoms with E-state index < -0.39 is 9.84 Å². The number of rotatable bonds is 7. The molecule has 0 aromatic rings. The minimum absolute atomic E-state index is 0.222. The first-order chi connectivity index (χ1) is 6.39. The highest BCUT2D eigenvalue weighted by Gasteiger charge is 2.10. The molecule has 0 aliphatic heterocycles. The molecule has 3 nitrogen and oxygen atoms in total. The SMILES string of the molecule is CCS(=O)(=O)CCCCC(O)C(C)C. The first-order valence-electron chi connectivity index (χ1n) is 5.27. The molecule has 0 bridgehead atoms. The Morgan fingerprint density at radius 1 is 1.21 bits per heavy atom. The summed E-state index contributed by atoms with van der Waals surface area (Å²) in [7, 11) is -2.82. The lowest BCUT2D eigenvalue weighted by molar-refractivity contribution is 0.114. The molecule has 0 saturated carbocycles. The van der Waals surface area contributed by atoms with Gasteiger partial charge in [-0.25, -0.2) is 8.42 Å². The fraction of sp³-hybridized carbons (Fsp3) is 1.00. The van der Waals surface area contributed by atoms with Crippen molar-refractivity contribution in [1.29, 1.82) is 0 Å². The smallest absolute Gasteiger partial charge is 0.150 e. The molecule has 1 unspecified atom stereocenters. The first-order valence-corrected chi connectivity index (χ1v) is 7.09. The monoisotopic (exact) mass is 222 g/mol. The van der Waals surface area contributed by atoms with Gasteiger partial charge in [0.1, 0.15) is 9.84 Å². The fourth-order valence-corrected chi connectivity index (χ4v) is 2.09. The van der Waals surface area contributed by atoms with E-state index in [0.717, 1.165) is 6.42 Å². The molecule has 0 radical (unpaired) electrons. The fourth-order valence-electron chi connectivity index (χ4n) is 1.15. The van der Waals surface area contributed by atoms with Gasteiger partial charge in [-0.05, 0) is 25.2 Å². The largest absolute Gasteiger partial charge is 0.393 e. The van der Waals surface area contributed by atoms with Crippen LogP contribution in [0.3, 0.4) is 0 Å². The standard InChI is InChI=1S/C10H22O3S/c1-4-14(12,13)8-6-5-7-10(11)9(2)3/h9-11H,4-8H2,1-3H3. The Balaban J connectivity index is 3.57. The number of sulfone groups is 1. The van der Waals surface area contributed by atoms with Crippen LogP contribution in [0.5, 0.6) is 0 Å². The van der Waals surface area contributed by atoms with Crippen molar-refractivity contribution in [1.82, 2.24) is 0 Å². The quantitative estimate of drug-likeness (QED) is 0.666. The Bertz CT molecular complexity index is 232. The van der Waals surface area contributed by atoms with E-state index in [9.17, 15) is 13.5 Å². The Morgan fingerprint density at radius 3 is 2.21 bits per heavy atom. The molecule has 0 aromatic carbocycles. The summed E-state index contributed by atoms with van der Waals surface area (Å²) in [6, 6.07) is 0. The van der Waals surface area contributed by atoms with Crippen LogP contribution in [0.25, 0.3) is 0 Å². The van der Waals surface area contributed by atoms with Gasteiger partial charge in [0, 0.05) is 5.75 Å².